The maximum absolute atomic E-state index is 11.5. The summed E-state index contributed by atoms with van der Waals surface area (Å²) in [5, 5.41) is 3.00. The molecule has 3 heterocycles. The van der Waals surface area contributed by atoms with Crippen LogP contribution < -0.4 is 5.32 Å². The van der Waals surface area contributed by atoms with Gasteiger partial charge in [0, 0.05) is 43.4 Å². The SMILES string of the molecule is O=C1CC2(CCN(Cc3cnc(C4CCCCC4)nc3)CC2)CN1. The van der Waals surface area contributed by atoms with Gasteiger partial charge in [-0.3, -0.25) is 9.69 Å². The lowest BCUT2D eigenvalue weighted by atomic mass is 9.77. The van der Waals surface area contributed by atoms with E-state index >= 15 is 0 Å². The summed E-state index contributed by atoms with van der Waals surface area (Å²) in [5.74, 6) is 1.86. The van der Waals surface area contributed by atoms with Crippen LogP contribution in [0, 0.1) is 5.41 Å². The Hall–Kier alpha value is -1.49. The Morgan fingerprint density at radius 2 is 1.83 bits per heavy atom. The summed E-state index contributed by atoms with van der Waals surface area (Å²) in [5.41, 5.74) is 1.45. The van der Waals surface area contributed by atoms with Gasteiger partial charge in [-0.15, -0.1) is 0 Å². The Kier molecular flexibility index (Phi) is 4.53. The van der Waals surface area contributed by atoms with E-state index in [1.54, 1.807) is 0 Å². The third-order valence-electron chi connectivity index (χ3n) is 6.21. The minimum atomic E-state index is 0.231. The summed E-state index contributed by atoms with van der Waals surface area (Å²) in [6.07, 6.45) is 13.5. The van der Waals surface area contributed by atoms with E-state index in [1.807, 2.05) is 12.4 Å². The van der Waals surface area contributed by atoms with Crippen molar-refractivity contribution >= 4 is 5.91 Å². The van der Waals surface area contributed by atoms with E-state index in [1.165, 1.54) is 37.7 Å². The second kappa shape index (κ2) is 6.79. The van der Waals surface area contributed by atoms with Gasteiger partial charge in [-0.05, 0) is 44.2 Å². The third kappa shape index (κ3) is 3.46. The molecule has 2 aliphatic heterocycles. The molecule has 0 radical (unpaired) electrons. The second-order valence-electron chi connectivity index (χ2n) is 8.01. The molecule has 1 aromatic heterocycles. The van der Waals surface area contributed by atoms with Gasteiger partial charge in [0.25, 0.3) is 0 Å². The highest BCUT2D eigenvalue weighted by atomic mass is 16.1. The molecule has 2 saturated heterocycles. The van der Waals surface area contributed by atoms with Crippen molar-refractivity contribution in [2.75, 3.05) is 19.6 Å². The minimum Gasteiger partial charge on any atom is -0.356 e. The fourth-order valence-electron chi connectivity index (χ4n) is 4.57. The molecule has 130 valence electrons. The Morgan fingerprint density at radius 3 is 2.46 bits per heavy atom. The maximum Gasteiger partial charge on any atom is 0.220 e. The lowest BCUT2D eigenvalue weighted by Crippen LogP contribution is -2.40. The second-order valence-corrected chi connectivity index (χ2v) is 8.01. The number of hydrogen-bond donors (Lipinski definition) is 1. The lowest BCUT2D eigenvalue weighted by Gasteiger charge is -2.38. The Bertz CT molecular complexity index is 572. The van der Waals surface area contributed by atoms with Gasteiger partial charge in [-0.2, -0.15) is 0 Å². The number of rotatable bonds is 3. The Labute approximate surface area is 144 Å². The van der Waals surface area contributed by atoms with Gasteiger partial charge in [-0.25, -0.2) is 9.97 Å². The number of carbonyl (C=O) groups excluding carboxylic acids is 1. The third-order valence-corrected chi connectivity index (χ3v) is 6.21. The number of nitrogens with zero attached hydrogens (tertiary/aromatic N) is 3. The van der Waals surface area contributed by atoms with Gasteiger partial charge in [0.1, 0.15) is 5.82 Å². The van der Waals surface area contributed by atoms with Crippen molar-refractivity contribution in [1.82, 2.24) is 20.2 Å². The number of nitrogens with one attached hydrogen (secondary N) is 1. The van der Waals surface area contributed by atoms with Crippen molar-refractivity contribution < 1.29 is 4.79 Å². The smallest absolute Gasteiger partial charge is 0.220 e. The van der Waals surface area contributed by atoms with Crippen LogP contribution in [-0.4, -0.2) is 40.4 Å². The molecule has 0 aromatic carbocycles. The average Bonchev–Trinajstić information content (AvgIpc) is 2.99. The molecule has 0 unspecified atom stereocenters. The number of likely N-dealkylation sites (tertiary alicyclic amines) is 1. The highest BCUT2D eigenvalue weighted by molar-refractivity contribution is 5.79. The molecule has 1 saturated carbocycles. The van der Waals surface area contributed by atoms with E-state index in [4.69, 9.17) is 0 Å². The van der Waals surface area contributed by atoms with Gasteiger partial charge in [0.15, 0.2) is 0 Å². The highest BCUT2D eigenvalue weighted by Gasteiger charge is 2.40. The number of hydrogen-bond acceptors (Lipinski definition) is 4. The van der Waals surface area contributed by atoms with E-state index < -0.39 is 0 Å². The molecule has 3 aliphatic rings. The van der Waals surface area contributed by atoms with Crippen LogP contribution in [0.25, 0.3) is 0 Å². The largest absolute Gasteiger partial charge is 0.356 e. The zero-order chi connectivity index (χ0) is 16.4. The summed E-state index contributed by atoms with van der Waals surface area (Å²) in [7, 11) is 0. The monoisotopic (exact) mass is 328 g/mol. The van der Waals surface area contributed by atoms with E-state index in [-0.39, 0.29) is 11.3 Å². The maximum atomic E-state index is 11.5. The molecule has 0 bridgehead atoms. The molecular formula is C19H28N4O. The first-order valence-electron chi connectivity index (χ1n) is 9.52. The first kappa shape index (κ1) is 16.0. The van der Waals surface area contributed by atoms with Crippen LogP contribution >= 0.6 is 0 Å². The van der Waals surface area contributed by atoms with Crippen LogP contribution in [0.4, 0.5) is 0 Å². The quantitative estimate of drug-likeness (QED) is 0.927. The normalized spacial score (nSPS) is 25.1. The first-order chi connectivity index (χ1) is 11.7. The molecule has 1 amide bonds. The molecule has 4 rings (SSSR count). The molecule has 1 aliphatic carbocycles. The first-order valence-corrected chi connectivity index (χ1v) is 9.52. The van der Waals surface area contributed by atoms with E-state index in [2.05, 4.69) is 20.2 Å². The zero-order valence-corrected chi connectivity index (χ0v) is 14.5. The number of carbonyl (C=O) groups is 1. The fourth-order valence-corrected chi connectivity index (χ4v) is 4.57. The van der Waals surface area contributed by atoms with E-state index in [0.29, 0.717) is 5.92 Å². The Morgan fingerprint density at radius 1 is 1.12 bits per heavy atom. The van der Waals surface area contributed by atoms with Crippen molar-refractivity contribution in [1.29, 1.82) is 0 Å². The molecule has 1 spiro atoms. The molecule has 1 N–H and O–H groups in total. The number of aromatic nitrogens is 2. The van der Waals surface area contributed by atoms with Gasteiger partial charge in [0.05, 0.1) is 0 Å². The number of amides is 1. The molecule has 5 heteroatoms. The van der Waals surface area contributed by atoms with Gasteiger partial charge in [0.2, 0.25) is 5.91 Å². The van der Waals surface area contributed by atoms with Crippen molar-refractivity contribution in [3.05, 3.63) is 23.8 Å². The van der Waals surface area contributed by atoms with Gasteiger partial charge >= 0.3 is 0 Å². The van der Waals surface area contributed by atoms with Crippen molar-refractivity contribution in [2.45, 2.75) is 63.8 Å². The summed E-state index contributed by atoms with van der Waals surface area (Å²) in [6, 6.07) is 0. The summed E-state index contributed by atoms with van der Waals surface area (Å²) in [6.45, 7) is 3.94. The number of piperidine rings is 1. The topological polar surface area (TPSA) is 58.1 Å². The standard InChI is InChI=1S/C19H28N4O/c24-17-10-19(14-22-17)6-8-23(9-7-19)13-15-11-20-18(21-12-15)16-4-2-1-3-5-16/h11-12,16H,1-10,13-14H2,(H,22,24). The zero-order valence-electron chi connectivity index (χ0n) is 14.5. The van der Waals surface area contributed by atoms with Crippen LogP contribution in [0.1, 0.15) is 68.7 Å². The summed E-state index contributed by atoms with van der Waals surface area (Å²) >= 11 is 0. The molecule has 1 aromatic rings. The van der Waals surface area contributed by atoms with E-state index in [0.717, 1.165) is 51.3 Å². The highest BCUT2D eigenvalue weighted by Crippen LogP contribution is 2.37. The van der Waals surface area contributed by atoms with Crippen LogP contribution in [0.5, 0.6) is 0 Å². The summed E-state index contributed by atoms with van der Waals surface area (Å²) < 4.78 is 0. The minimum absolute atomic E-state index is 0.231. The fraction of sp³-hybridized carbons (Fsp3) is 0.737. The predicted molar refractivity (Wildman–Crippen MR) is 92.4 cm³/mol. The van der Waals surface area contributed by atoms with Crippen LogP contribution in [0.3, 0.4) is 0 Å². The molecule has 24 heavy (non-hydrogen) atoms. The summed E-state index contributed by atoms with van der Waals surface area (Å²) in [4.78, 5) is 23.3. The molecular weight excluding hydrogens is 300 g/mol. The Balaban J connectivity index is 1.30. The van der Waals surface area contributed by atoms with Crippen LogP contribution in [0.2, 0.25) is 0 Å². The predicted octanol–water partition coefficient (Wildman–Crippen LogP) is 2.63. The van der Waals surface area contributed by atoms with E-state index in [9.17, 15) is 4.79 Å². The van der Waals surface area contributed by atoms with Crippen LogP contribution in [-0.2, 0) is 11.3 Å². The van der Waals surface area contributed by atoms with Crippen molar-refractivity contribution in [2.24, 2.45) is 5.41 Å². The lowest BCUT2D eigenvalue weighted by molar-refractivity contribution is -0.119. The van der Waals surface area contributed by atoms with Crippen molar-refractivity contribution in [3.63, 3.8) is 0 Å². The molecule has 3 fully saturated rings. The molecule has 0 atom stereocenters. The van der Waals surface area contributed by atoms with Crippen molar-refractivity contribution in [3.8, 4) is 0 Å². The van der Waals surface area contributed by atoms with Gasteiger partial charge < -0.3 is 5.32 Å². The molecule has 5 nitrogen and oxygen atoms in total. The van der Waals surface area contributed by atoms with Crippen LogP contribution in [0.15, 0.2) is 12.4 Å². The van der Waals surface area contributed by atoms with Gasteiger partial charge in [-0.1, -0.05) is 19.3 Å². The average molecular weight is 328 g/mol.